The van der Waals surface area contributed by atoms with Crippen LogP contribution in [0, 0.1) is 0 Å². The fourth-order valence-corrected chi connectivity index (χ4v) is 10.4. The highest BCUT2D eigenvalue weighted by molar-refractivity contribution is 5.98. The Kier molecular flexibility index (Phi) is 9.35. The molecule has 0 saturated heterocycles. The molecule has 11 aromatic carbocycles. The van der Waals surface area contributed by atoms with E-state index in [2.05, 4.69) is 267 Å². The van der Waals surface area contributed by atoms with Crippen LogP contribution < -0.4 is 4.90 Å². The third-order valence-corrected chi connectivity index (χ3v) is 13.8. The van der Waals surface area contributed by atoms with E-state index in [9.17, 15) is 0 Å². The van der Waals surface area contributed by atoms with Crippen LogP contribution in [-0.2, 0) is 5.41 Å². The van der Waals surface area contributed by atoms with Gasteiger partial charge >= 0.3 is 0 Å². The molecule has 0 aliphatic heterocycles. The van der Waals surface area contributed by atoms with Gasteiger partial charge in [0.2, 0.25) is 0 Å². The molecule has 1 atom stereocenters. The van der Waals surface area contributed by atoms with E-state index in [0.717, 1.165) is 17.1 Å². The molecule has 306 valence electrons. The zero-order valence-corrected chi connectivity index (χ0v) is 36.2. The van der Waals surface area contributed by atoms with Crippen LogP contribution in [0.25, 0.3) is 77.2 Å². The molecule has 1 aliphatic rings. The molecule has 1 aliphatic carbocycles. The maximum atomic E-state index is 2.45. The van der Waals surface area contributed by atoms with Crippen LogP contribution in [0.15, 0.2) is 255 Å². The van der Waals surface area contributed by atoms with E-state index >= 15 is 0 Å². The molecule has 0 spiro atoms. The van der Waals surface area contributed by atoms with Crippen molar-refractivity contribution < 1.29 is 0 Å². The summed E-state index contributed by atoms with van der Waals surface area (Å²) in [4.78, 5) is 2.45. The Morgan fingerprint density at radius 2 is 0.769 bits per heavy atom. The first-order chi connectivity index (χ1) is 32.1. The molecule has 11 aromatic rings. The molecular formula is C64H45N. The molecule has 0 amide bonds. The van der Waals surface area contributed by atoms with E-state index in [1.165, 1.54) is 93.9 Å². The number of rotatable bonds is 8. The largest absolute Gasteiger partial charge is 0.310 e. The first-order valence-corrected chi connectivity index (χ1v) is 22.6. The minimum absolute atomic E-state index is 0.306. The predicted molar refractivity (Wildman–Crippen MR) is 275 cm³/mol. The van der Waals surface area contributed by atoms with Gasteiger partial charge in [0, 0.05) is 22.4 Å². The molecule has 0 aromatic heterocycles. The molecule has 1 unspecified atom stereocenters. The lowest BCUT2D eigenvalue weighted by atomic mass is 9.74. The molecule has 0 fully saturated rings. The molecule has 1 heteroatoms. The molecule has 0 bridgehead atoms. The van der Waals surface area contributed by atoms with Gasteiger partial charge in [0.1, 0.15) is 0 Å². The van der Waals surface area contributed by atoms with Crippen molar-refractivity contribution in [3.8, 4) is 55.6 Å². The summed E-state index contributed by atoms with van der Waals surface area (Å²) >= 11 is 0. The van der Waals surface area contributed by atoms with Gasteiger partial charge in [-0.05, 0) is 132 Å². The third kappa shape index (κ3) is 6.64. The average Bonchev–Trinajstić information content (AvgIpc) is 3.66. The molecule has 0 radical (unpaired) electrons. The summed E-state index contributed by atoms with van der Waals surface area (Å²) in [6, 6.07) is 93.5. The van der Waals surface area contributed by atoms with Crippen LogP contribution in [0.1, 0.15) is 23.6 Å². The van der Waals surface area contributed by atoms with Crippen LogP contribution in [0.5, 0.6) is 0 Å². The Hall–Kier alpha value is -8.26. The smallest absolute Gasteiger partial charge is 0.0543 e. The van der Waals surface area contributed by atoms with E-state index in [-0.39, 0.29) is 5.41 Å². The maximum absolute atomic E-state index is 2.45. The number of nitrogens with zero attached hydrogens (tertiary/aromatic N) is 1. The van der Waals surface area contributed by atoms with Crippen LogP contribution in [0.2, 0.25) is 0 Å². The lowest BCUT2D eigenvalue weighted by molar-refractivity contribution is 0.714. The summed E-state index contributed by atoms with van der Waals surface area (Å²) in [5.74, 6) is 0. The van der Waals surface area contributed by atoms with Gasteiger partial charge < -0.3 is 4.90 Å². The lowest BCUT2D eigenvalue weighted by Gasteiger charge is -2.30. The molecular weight excluding hydrogens is 783 g/mol. The molecule has 65 heavy (non-hydrogen) atoms. The first kappa shape index (κ1) is 38.4. The van der Waals surface area contributed by atoms with E-state index in [1.807, 2.05) is 0 Å². The fraction of sp³-hybridized carbons (Fsp3) is 0.0312. The SMILES string of the molecule is CC1(c2ccccc2)c2ccccc2-c2c(N(c3ccc(-c4ccc(-c5ccc6ccccc6c5)cc4)cc3)c3ccc(-c4ccc(-c5cccc6ccccc56)cc4)cc3)cccc21. The van der Waals surface area contributed by atoms with E-state index < -0.39 is 0 Å². The molecule has 1 nitrogen and oxygen atoms in total. The second-order valence-electron chi connectivity index (χ2n) is 17.4. The maximum Gasteiger partial charge on any atom is 0.0543 e. The number of fused-ring (bicyclic) bond motifs is 5. The van der Waals surface area contributed by atoms with Gasteiger partial charge in [0.25, 0.3) is 0 Å². The van der Waals surface area contributed by atoms with Crippen molar-refractivity contribution in [3.05, 3.63) is 271 Å². The van der Waals surface area contributed by atoms with E-state index in [0.29, 0.717) is 0 Å². The predicted octanol–water partition coefficient (Wildman–Crippen LogP) is 17.5. The molecule has 12 rings (SSSR count). The van der Waals surface area contributed by atoms with E-state index in [1.54, 1.807) is 0 Å². The van der Waals surface area contributed by atoms with Crippen molar-refractivity contribution in [2.45, 2.75) is 12.3 Å². The quantitative estimate of drug-likeness (QED) is 0.147. The Balaban J connectivity index is 0.931. The Labute approximate surface area is 381 Å². The van der Waals surface area contributed by atoms with Crippen molar-refractivity contribution in [1.29, 1.82) is 0 Å². The Bertz CT molecular complexity index is 3510. The van der Waals surface area contributed by atoms with Crippen LogP contribution in [0.4, 0.5) is 17.1 Å². The van der Waals surface area contributed by atoms with Crippen molar-refractivity contribution in [3.63, 3.8) is 0 Å². The van der Waals surface area contributed by atoms with Crippen LogP contribution >= 0.6 is 0 Å². The van der Waals surface area contributed by atoms with Gasteiger partial charge in [-0.1, -0.05) is 218 Å². The number of hydrogen-bond acceptors (Lipinski definition) is 1. The topological polar surface area (TPSA) is 3.24 Å². The zero-order chi connectivity index (χ0) is 43.3. The zero-order valence-electron chi connectivity index (χ0n) is 36.2. The highest BCUT2D eigenvalue weighted by Gasteiger charge is 2.42. The normalized spacial score (nSPS) is 14.0. The van der Waals surface area contributed by atoms with Crippen molar-refractivity contribution in [1.82, 2.24) is 0 Å². The minimum atomic E-state index is -0.306. The highest BCUT2D eigenvalue weighted by Crippen LogP contribution is 2.56. The molecule has 0 heterocycles. The Morgan fingerprint density at radius 1 is 0.308 bits per heavy atom. The summed E-state index contributed by atoms with van der Waals surface area (Å²) in [5, 5.41) is 5.05. The van der Waals surface area contributed by atoms with Crippen LogP contribution in [0.3, 0.4) is 0 Å². The summed E-state index contributed by atoms with van der Waals surface area (Å²) in [6.07, 6.45) is 0. The van der Waals surface area contributed by atoms with Gasteiger partial charge in [-0.15, -0.1) is 0 Å². The molecule has 0 N–H and O–H groups in total. The highest BCUT2D eigenvalue weighted by atomic mass is 15.1. The first-order valence-electron chi connectivity index (χ1n) is 22.6. The average molecular weight is 828 g/mol. The Morgan fingerprint density at radius 3 is 1.45 bits per heavy atom. The minimum Gasteiger partial charge on any atom is -0.310 e. The van der Waals surface area contributed by atoms with Gasteiger partial charge in [0.15, 0.2) is 0 Å². The summed E-state index contributed by atoms with van der Waals surface area (Å²) in [5.41, 5.74) is 19.2. The lowest BCUT2D eigenvalue weighted by Crippen LogP contribution is -2.22. The van der Waals surface area contributed by atoms with Gasteiger partial charge in [-0.25, -0.2) is 0 Å². The monoisotopic (exact) mass is 827 g/mol. The summed E-state index contributed by atoms with van der Waals surface area (Å²) in [6.45, 7) is 2.39. The number of hydrogen-bond donors (Lipinski definition) is 0. The van der Waals surface area contributed by atoms with Crippen molar-refractivity contribution in [2.24, 2.45) is 0 Å². The second-order valence-corrected chi connectivity index (χ2v) is 17.4. The standard InChI is InChI=1S/C64H45N/c1-64(54-17-3-2-4-18-54)60-22-10-9-20-59(60)63-61(64)23-12-24-62(63)65(55-39-35-47(36-40-55)45-25-27-49(28-26-45)53-34-31-44-13-5-6-15-52(44)43-53)56-41-37-48(38-42-56)46-29-32-51(33-30-46)58-21-11-16-50-14-7-8-19-57(50)58/h2-43H,1H3. The van der Waals surface area contributed by atoms with Crippen molar-refractivity contribution >= 4 is 38.6 Å². The number of benzene rings is 11. The third-order valence-electron chi connectivity index (χ3n) is 13.8. The number of anilines is 3. The van der Waals surface area contributed by atoms with Crippen LogP contribution in [-0.4, -0.2) is 0 Å². The summed E-state index contributed by atoms with van der Waals surface area (Å²) < 4.78 is 0. The summed E-state index contributed by atoms with van der Waals surface area (Å²) in [7, 11) is 0. The fourth-order valence-electron chi connectivity index (χ4n) is 10.4. The van der Waals surface area contributed by atoms with Crippen molar-refractivity contribution in [2.75, 3.05) is 4.90 Å². The molecule has 0 saturated carbocycles. The van der Waals surface area contributed by atoms with Gasteiger partial charge in [0.05, 0.1) is 5.69 Å². The van der Waals surface area contributed by atoms with E-state index in [4.69, 9.17) is 0 Å². The van der Waals surface area contributed by atoms with Gasteiger partial charge in [-0.3, -0.25) is 0 Å². The second kappa shape index (κ2) is 15.8. The van der Waals surface area contributed by atoms with Gasteiger partial charge in [-0.2, -0.15) is 0 Å².